The Kier molecular flexibility index (Phi) is 4.24. The summed E-state index contributed by atoms with van der Waals surface area (Å²) in [4.78, 5) is 29.9. The third-order valence-electron chi connectivity index (χ3n) is 3.54. The molecule has 0 fully saturated rings. The number of nitrogens with one attached hydrogen (secondary N) is 2. The molecule has 3 aromatic heterocycles. The van der Waals surface area contributed by atoms with Crippen LogP contribution in [-0.2, 0) is 6.54 Å². The summed E-state index contributed by atoms with van der Waals surface area (Å²) in [5.41, 5.74) is 2.99. The number of amides is 1. The first-order valence-corrected chi connectivity index (χ1v) is 7.48. The van der Waals surface area contributed by atoms with Crippen molar-refractivity contribution < 1.29 is 4.79 Å². The summed E-state index contributed by atoms with van der Waals surface area (Å²) in [6, 6.07) is 8.55. The van der Waals surface area contributed by atoms with Crippen molar-refractivity contribution in [3.8, 4) is 5.82 Å². The van der Waals surface area contributed by atoms with Crippen LogP contribution in [0.4, 0.5) is 0 Å². The maximum Gasteiger partial charge on any atom is 0.253 e. The van der Waals surface area contributed by atoms with E-state index in [1.54, 1.807) is 10.9 Å². The minimum absolute atomic E-state index is 0.240. The molecule has 0 aromatic carbocycles. The van der Waals surface area contributed by atoms with E-state index in [0.29, 0.717) is 12.1 Å². The molecule has 3 rings (SSSR count). The Balaban J connectivity index is 1.66. The van der Waals surface area contributed by atoms with Gasteiger partial charge in [-0.1, -0.05) is 6.07 Å². The zero-order chi connectivity index (χ0) is 17.1. The Bertz CT molecular complexity index is 904. The minimum Gasteiger partial charge on any atom is -0.348 e. The van der Waals surface area contributed by atoms with Crippen molar-refractivity contribution in [2.45, 2.75) is 20.4 Å². The van der Waals surface area contributed by atoms with Crippen LogP contribution < -0.4 is 10.9 Å². The molecule has 3 heterocycles. The molecule has 7 heteroatoms. The van der Waals surface area contributed by atoms with Gasteiger partial charge < -0.3 is 10.3 Å². The van der Waals surface area contributed by atoms with Crippen LogP contribution in [0.1, 0.15) is 27.3 Å². The van der Waals surface area contributed by atoms with Gasteiger partial charge in [-0.15, -0.1) is 0 Å². The van der Waals surface area contributed by atoms with Crippen molar-refractivity contribution >= 4 is 5.91 Å². The average Bonchev–Trinajstić information content (AvgIpc) is 2.92. The first-order chi connectivity index (χ1) is 11.5. The standard InChI is InChI=1S/C17H17N5O2/c1-11-7-12(2)22(21-11)15-5-3-13(8-18-15)9-20-17(24)14-4-6-16(23)19-10-14/h3-8,10H,9H2,1-2H3,(H,19,23)(H,20,24). The Labute approximate surface area is 138 Å². The van der Waals surface area contributed by atoms with Gasteiger partial charge in [-0.3, -0.25) is 9.59 Å². The van der Waals surface area contributed by atoms with E-state index in [-0.39, 0.29) is 11.5 Å². The van der Waals surface area contributed by atoms with Crippen LogP contribution in [0.3, 0.4) is 0 Å². The normalized spacial score (nSPS) is 10.6. The molecular weight excluding hydrogens is 306 g/mol. The van der Waals surface area contributed by atoms with Crippen molar-refractivity contribution in [1.82, 2.24) is 25.1 Å². The second-order valence-corrected chi connectivity index (χ2v) is 5.49. The topological polar surface area (TPSA) is 92.7 Å². The van der Waals surface area contributed by atoms with Crippen LogP contribution in [0.25, 0.3) is 5.82 Å². The maximum atomic E-state index is 12.0. The lowest BCUT2D eigenvalue weighted by Gasteiger charge is -2.07. The predicted octanol–water partition coefficient (Wildman–Crippen LogP) is 1.50. The first-order valence-electron chi connectivity index (χ1n) is 7.48. The molecule has 24 heavy (non-hydrogen) atoms. The van der Waals surface area contributed by atoms with Gasteiger partial charge in [0.2, 0.25) is 5.56 Å². The van der Waals surface area contributed by atoms with Crippen LogP contribution in [0, 0.1) is 13.8 Å². The molecule has 1 amide bonds. The van der Waals surface area contributed by atoms with Crippen molar-refractivity contribution in [2.24, 2.45) is 0 Å². The Morgan fingerprint density at radius 2 is 2.08 bits per heavy atom. The summed E-state index contributed by atoms with van der Waals surface area (Å²) < 4.78 is 1.78. The zero-order valence-electron chi connectivity index (χ0n) is 13.4. The summed E-state index contributed by atoms with van der Waals surface area (Å²) >= 11 is 0. The quantitative estimate of drug-likeness (QED) is 0.761. The van der Waals surface area contributed by atoms with Gasteiger partial charge in [-0.25, -0.2) is 9.67 Å². The van der Waals surface area contributed by atoms with Crippen LogP contribution in [0.2, 0.25) is 0 Å². The SMILES string of the molecule is Cc1cc(C)n(-c2ccc(CNC(=O)c3ccc(=O)[nH]c3)cn2)n1. The molecule has 0 spiro atoms. The Morgan fingerprint density at radius 1 is 1.25 bits per heavy atom. The third-order valence-corrected chi connectivity index (χ3v) is 3.54. The molecule has 0 saturated carbocycles. The molecule has 0 radical (unpaired) electrons. The lowest BCUT2D eigenvalue weighted by Crippen LogP contribution is -2.23. The molecule has 0 saturated heterocycles. The van der Waals surface area contributed by atoms with Gasteiger partial charge in [-0.05, 0) is 37.6 Å². The highest BCUT2D eigenvalue weighted by Gasteiger charge is 2.07. The number of aryl methyl sites for hydroxylation is 2. The second-order valence-electron chi connectivity index (χ2n) is 5.49. The highest BCUT2D eigenvalue weighted by atomic mass is 16.1. The fourth-order valence-electron chi connectivity index (χ4n) is 2.34. The van der Waals surface area contributed by atoms with Gasteiger partial charge in [0.25, 0.3) is 5.91 Å². The smallest absolute Gasteiger partial charge is 0.253 e. The molecular formula is C17H17N5O2. The van der Waals surface area contributed by atoms with E-state index in [2.05, 4.69) is 20.4 Å². The van der Waals surface area contributed by atoms with Crippen molar-refractivity contribution in [3.63, 3.8) is 0 Å². The number of aromatic nitrogens is 4. The zero-order valence-corrected chi connectivity index (χ0v) is 13.4. The number of rotatable bonds is 4. The number of hydrogen-bond donors (Lipinski definition) is 2. The van der Waals surface area contributed by atoms with Crippen LogP contribution >= 0.6 is 0 Å². The van der Waals surface area contributed by atoms with E-state index in [9.17, 15) is 9.59 Å². The monoisotopic (exact) mass is 323 g/mol. The first kappa shape index (κ1) is 15.7. The van der Waals surface area contributed by atoms with Gasteiger partial charge in [0.1, 0.15) is 0 Å². The fourth-order valence-corrected chi connectivity index (χ4v) is 2.34. The predicted molar refractivity (Wildman–Crippen MR) is 89.1 cm³/mol. The Hall–Kier alpha value is -3.22. The number of nitrogens with zero attached hydrogens (tertiary/aromatic N) is 3. The molecule has 0 aliphatic heterocycles. The molecule has 122 valence electrons. The highest BCUT2D eigenvalue weighted by molar-refractivity contribution is 5.93. The van der Waals surface area contributed by atoms with Crippen molar-refractivity contribution in [2.75, 3.05) is 0 Å². The summed E-state index contributed by atoms with van der Waals surface area (Å²) in [7, 11) is 0. The van der Waals surface area contributed by atoms with Crippen LogP contribution in [0.5, 0.6) is 0 Å². The number of H-pyrrole nitrogens is 1. The summed E-state index contributed by atoms with van der Waals surface area (Å²) in [6.45, 7) is 4.26. The molecule has 0 aliphatic rings. The Morgan fingerprint density at radius 3 is 2.67 bits per heavy atom. The average molecular weight is 323 g/mol. The number of hydrogen-bond acceptors (Lipinski definition) is 4. The molecule has 0 atom stereocenters. The third kappa shape index (κ3) is 3.40. The summed E-state index contributed by atoms with van der Waals surface area (Å²) in [6.07, 6.45) is 3.10. The van der Waals surface area contributed by atoms with E-state index in [0.717, 1.165) is 22.8 Å². The molecule has 0 unspecified atom stereocenters. The molecule has 2 N–H and O–H groups in total. The summed E-state index contributed by atoms with van der Waals surface area (Å²) in [5, 5.41) is 7.17. The number of carbonyl (C=O) groups is 1. The van der Waals surface area contributed by atoms with Gasteiger partial charge in [-0.2, -0.15) is 5.10 Å². The number of aromatic amines is 1. The molecule has 0 aliphatic carbocycles. The lowest BCUT2D eigenvalue weighted by molar-refractivity contribution is 0.0950. The van der Waals surface area contributed by atoms with E-state index < -0.39 is 0 Å². The van der Waals surface area contributed by atoms with Crippen molar-refractivity contribution in [1.29, 1.82) is 0 Å². The number of pyridine rings is 2. The summed E-state index contributed by atoms with van der Waals surface area (Å²) in [5.74, 6) is 0.477. The van der Waals surface area contributed by atoms with Crippen LogP contribution in [-0.4, -0.2) is 25.7 Å². The van der Waals surface area contributed by atoms with E-state index in [1.807, 2.05) is 32.0 Å². The van der Waals surface area contributed by atoms with Crippen molar-refractivity contribution in [3.05, 3.63) is 75.6 Å². The van der Waals surface area contributed by atoms with E-state index in [1.165, 1.54) is 18.3 Å². The second kappa shape index (κ2) is 6.49. The van der Waals surface area contributed by atoms with E-state index in [4.69, 9.17) is 0 Å². The van der Waals surface area contributed by atoms with Gasteiger partial charge >= 0.3 is 0 Å². The van der Waals surface area contributed by atoms with Crippen LogP contribution in [0.15, 0.2) is 47.5 Å². The van der Waals surface area contributed by atoms with Gasteiger partial charge in [0.05, 0.1) is 11.3 Å². The van der Waals surface area contributed by atoms with Gasteiger partial charge in [0, 0.05) is 30.7 Å². The fraction of sp³-hybridized carbons (Fsp3) is 0.176. The highest BCUT2D eigenvalue weighted by Crippen LogP contribution is 2.10. The van der Waals surface area contributed by atoms with E-state index >= 15 is 0 Å². The maximum absolute atomic E-state index is 12.0. The molecule has 3 aromatic rings. The molecule has 7 nitrogen and oxygen atoms in total. The van der Waals surface area contributed by atoms with Gasteiger partial charge in [0.15, 0.2) is 5.82 Å². The molecule has 0 bridgehead atoms. The largest absolute Gasteiger partial charge is 0.348 e. The number of carbonyl (C=O) groups excluding carboxylic acids is 1. The minimum atomic E-state index is -0.256. The lowest BCUT2D eigenvalue weighted by atomic mass is 10.2.